The molecule has 1 heterocycles. The number of aliphatic carboxylic acids is 1. The van der Waals surface area contributed by atoms with Gasteiger partial charge in [0.25, 0.3) is 0 Å². The zero-order valence-electron chi connectivity index (χ0n) is 11.0. The average molecular weight is 312 g/mol. The van der Waals surface area contributed by atoms with Gasteiger partial charge in [0, 0.05) is 17.3 Å². The smallest absolute Gasteiger partial charge is 0.323 e. The van der Waals surface area contributed by atoms with Gasteiger partial charge in [0.05, 0.1) is 6.54 Å². The highest BCUT2D eigenvalue weighted by Gasteiger charge is 2.29. The minimum atomic E-state index is -1.13. The van der Waals surface area contributed by atoms with Crippen LogP contribution in [0.15, 0.2) is 24.3 Å². The highest BCUT2D eigenvalue weighted by molar-refractivity contribution is 6.30. The SMILES string of the molecule is O=C(O)CN(C(=O)C1CNC(=O)CN1)c1ccc(Cl)cc1. The summed E-state index contributed by atoms with van der Waals surface area (Å²) < 4.78 is 0. The third-order valence-corrected chi connectivity index (χ3v) is 3.26. The van der Waals surface area contributed by atoms with Crippen molar-refractivity contribution in [2.24, 2.45) is 0 Å². The van der Waals surface area contributed by atoms with Gasteiger partial charge < -0.3 is 10.4 Å². The Kier molecular flexibility index (Phi) is 4.77. The fourth-order valence-electron chi connectivity index (χ4n) is 1.98. The van der Waals surface area contributed by atoms with E-state index in [-0.39, 0.29) is 19.0 Å². The van der Waals surface area contributed by atoms with Crippen molar-refractivity contribution in [2.45, 2.75) is 6.04 Å². The number of carboxylic acids is 1. The molecule has 1 atom stereocenters. The van der Waals surface area contributed by atoms with Crippen LogP contribution >= 0.6 is 11.6 Å². The average Bonchev–Trinajstić information content (AvgIpc) is 2.46. The van der Waals surface area contributed by atoms with Crippen molar-refractivity contribution in [3.63, 3.8) is 0 Å². The maximum Gasteiger partial charge on any atom is 0.323 e. The molecule has 2 amide bonds. The van der Waals surface area contributed by atoms with E-state index >= 15 is 0 Å². The summed E-state index contributed by atoms with van der Waals surface area (Å²) in [7, 11) is 0. The normalized spacial score (nSPS) is 18.0. The Morgan fingerprint density at radius 3 is 2.52 bits per heavy atom. The van der Waals surface area contributed by atoms with Crippen LogP contribution in [0.5, 0.6) is 0 Å². The van der Waals surface area contributed by atoms with Crippen molar-refractivity contribution in [3.8, 4) is 0 Å². The Bertz CT molecular complexity index is 551. The minimum absolute atomic E-state index is 0.0257. The molecule has 1 aromatic carbocycles. The van der Waals surface area contributed by atoms with E-state index < -0.39 is 24.5 Å². The zero-order chi connectivity index (χ0) is 15.4. The van der Waals surface area contributed by atoms with Gasteiger partial charge in [0.15, 0.2) is 0 Å². The molecular weight excluding hydrogens is 298 g/mol. The first kappa shape index (κ1) is 15.3. The van der Waals surface area contributed by atoms with E-state index in [0.29, 0.717) is 10.7 Å². The highest BCUT2D eigenvalue weighted by atomic mass is 35.5. The van der Waals surface area contributed by atoms with E-state index in [1.165, 1.54) is 0 Å². The number of hydrogen-bond acceptors (Lipinski definition) is 4. The zero-order valence-corrected chi connectivity index (χ0v) is 11.8. The summed E-state index contributed by atoms with van der Waals surface area (Å²) >= 11 is 5.79. The van der Waals surface area contributed by atoms with E-state index in [9.17, 15) is 14.4 Å². The van der Waals surface area contributed by atoms with Crippen LogP contribution in [0.4, 0.5) is 5.69 Å². The van der Waals surface area contributed by atoms with Crippen LogP contribution < -0.4 is 15.5 Å². The van der Waals surface area contributed by atoms with Crippen LogP contribution in [-0.2, 0) is 14.4 Å². The van der Waals surface area contributed by atoms with Crippen LogP contribution in [0.1, 0.15) is 0 Å². The molecule has 112 valence electrons. The number of amides is 2. The molecule has 3 N–H and O–H groups in total. The quantitative estimate of drug-likeness (QED) is 0.718. The van der Waals surface area contributed by atoms with E-state index in [0.717, 1.165) is 4.90 Å². The lowest BCUT2D eigenvalue weighted by molar-refractivity contribution is -0.137. The van der Waals surface area contributed by atoms with Crippen LogP contribution in [-0.4, -0.2) is 48.6 Å². The molecule has 0 aromatic heterocycles. The Labute approximate surface area is 125 Å². The number of carbonyl (C=O) groups excluding carboxylic acids is 2. The number of rotatable bonds is 4. The molecule has 7 nitrogen and oxygen atoms in total. The fraction of sp³-hybridized carbons (Fsp3) is 0.308. The van der Waals surface area contributed by atoms with Crippen molar-refractivity contribution >= 4 is 35.1 Å². The lowest BCUT2D eigenvalue weighted by Crippen LogP contribution is -2.59. The maximum atomic E-state index is 12.4. The molecular formula is C13H14ClN3O4. The number of piperazine rings is 1. The number of halogens is 1. The third kappa shape index (κ3) is 3.93. The van der Waals surface area contributed by atoms with Gasteiger partial charge >= 0.3 is 5.97 Å². The lowest BCUT2D eigenvalue weighted by atomic mass is 10.2. The molecule has 0 saturated carbocycles. The summed E-state index contributed by atoms with van der Waals surface area (Å²) in [4.78, 5) is 35.6. The Balaban J connectivity index is 2.18. The van der Waals surface area contributed by atoms with Crippen molar-refractivity contribution in [1.29, 1.82) is 0 Å². The molecule has 1 aliphatic rings. The second kappa shape index (κ2) is 6.55. The molecule has 1 unspecified atom stereocenters. The predicted molar refractivity (Wildman–Crippen MR) is 76.2 cm³/mol. The van der Waals surface area contributed by atoms with Crippen molar-refractivity contribution < 1.29 is 19.5 Å². The van der Waals surface area contributed by atoms with Crippen LogP contribution in [0.25, 0.3) is 0 Å². The summed E-state index contributed by atoms with van der Waals surface area (Å²) in [6.45, 7) is -0.314. The first-order valence-corrected chi connectivity index (χ1v) is 6.64. The van der Waals surface area contributed by atoms with E-state index in [1.54, 1.807) is 24.3 Å². The van der Waals surface area contributed by atoms with E-state index in [1.807, 2.05) is 0 Å². The molecule has 21 heavy (non-hydrogen) atoms. The fourth-order valence-corrected chi connectivity index (χ4v) is 2.11. The van der Waals surface area contributed by atoms with Crippen molar-refractivity contribution in [1.82, 2.24) is 10.6 Å². The summed E-state index contributed by atoms with van der Waals surface area (Å²) in [5.41, 5.74) is 0.436. The second-order valence-corrected chi connectivity index (χ2v) is 4.97. The molecule has 0 aliphatic carbocycles. The maximum absolute atomic E-state index is 12.4. The number of hydrogen-bond donors (Lipinski definition) is 3. The number of anilines is 1. The van der Waals surface area contributed by atoms with Gasteiger partial charge in [-0.25, -0.2) is 0 Å². The summed E-state index contributed by atoms with van der Waals surface area (Å²) in [6, 6.07) is 5.65. The number of benzene rings is 1. The molecule has 1 saturated heterocycles. The molecule has 0 radical (unpaired) electrons. The van der Waals surface area contributed by atoms with Gasteiger partial charge in [-0.05, 0) is 24.3 Å². The molecule has 2 rings (SSSR count). The molecule has 0 spiro atoms. The molecule has 1 aromatic rings. The van der Waals surface area contributed by atoms with Gasteiger partial charge in [0.1, 0.15) is 12.6 Å². The largest absolute Gasteiger partial charge is 0.480 e. The summed E-state index contributed by atoms with van der Waals surface area (Å²) in [5, 5.41) is 14.8. The van der Waals surface area contributed by atoms with Gasteiger partial charge in [-0.15, -0.1) is 0 Å². The third-order valence-electron chi connectivity index (χ3n) is 3.01. The van der Waals surface area contributed by atoms with E-state index in [2.05, 4.69) is 10.6 Å². The molecule has 0 bridgehead atoms. The predicted octanol–water partition coefficient (Wildman–Crippen LogP) is -0.154. The van der Waals surface area contributed by atoms with Crippen molar-refractivity contribution in [3.05, 3.63) is 29.3 Å². The highest BCUT2D eigenvalue weighted by Crippen LogP contribution is 2.19. The van der Waals surface area contributed by atoms with Gasteiger partial charge in [0.2, 0.25) is 11.8 Å². The number of nitrogens with zero attached hydrogens (tertiary/aromatic N) is 1. The number of carboxylic acid groups (broad SMARTS) is 1. The molecule has 8 heteroatoms. The summed E-state index contributed by atoms with van der Waals surface area (Å²) in [6.07, 6.45) is 0. The van der Waals surface area contributed by atoms with E-state index in [4.69, 9.17) is 16.7 Å². The number of carbonyl (C=O) groups is 3. The monoisotopic (exact) mass is 311 g/mol. The Morgan fingerprint density at radius 2 is 2.00 bits per heavy atom. The van der Waals surface area contributed by atoms with Gasteiger partial charge in [-0.3, -0.25) is 24.6 Å². The lowest BCUT2D eigenvalue weighted by Gasteiger charge is -2.29. The van der Waals surface area contributed by atoms with Gasteiger partial charge in [-0.2, -0.15) is 0 Å². The topological polar surface area (TPSA) is 98.7 Å². The summed E-state index contributed by atoms with van der Waals surface area (Å²) in [5.74, 6) is -1.74. The molecule has 1 fully saturated rings. The minimum Gasteiger partial charge on any atom is -0.480 e. The Morgan fingerprint density at radius 1 is 1.33 bits per heavy atom. The molecule has 1 aliphatic heterocycles. The van der Waals surface area contributed by atoms with Crippen molar-refractivity contribution in [2.75, 3.05) is 24.5 Å². The standard InChI is InChI=1S/C13H14ClN3O4/c14-8-1-3-9(4-2-8)17(7-12(19)20)13(21)10-5-16-11(18)6-15-10/h1-4,10,15H,5-7H2,(H,16,18)(H,19,20). The first-order valence-electron chi connectivity index (χ1n) is 6.26. The van der Waals surface area contributed by atoms with Crippen LogP contribution in [0, 0.1) is 0 Å². The second-order valence-electron chi connectivity index (χ2n) is 4.53. The van der Waals surface area contributed by atoms with Crippen LogP contribution in [0.2, 0.25) is 5.02 Å². The number of nitrogens with one attached hydrogen (secondary N) is 2. The van der Waals surface area contributed by atoms with Gasteiger partial charge in [-0.1, -0.05) is 11.6 Å². The Hall–Kier alpha value is -2.12. The first-order chi connectivity index (χ1) is 9.97. The van der Waals surface area contributed by atoms with Crippen LogP contribution in [0.3, 0.4) is 0 Å².